The minimum absolute atomic E-state index is 0.0646. The molecule has 0 radical (unpaired) electrons. The third-order valence-electron chi connectivity index (χ3n) is 5.47. The minimum Gasteiger partial charge on any atom is -0.493 e. The van der Waals surface area contributed by atoms with E-state index in [1.165, 1.54) is 25.3 Å². The van der Waals surface area contributed by atoms with Crippen molar-refractivity contribution in [2.75, 3.05) is 7.11 Å². The Labute approximate surface area is 201 Å². The molecule has 9 nitrogen and oxygen atoms in total. The molecule has 1 N–H and O–H groups in total. The van der Waals surface area contributed by atoms with Gasteiger partial charge in [-0.1, -0.05) is 60.2 Å². The van der Waals surface area contributed by atoms with Crippen LogP contribution in [-0.2, 0) is 17.9 Å². The lowest BCUT2D eigenvalue weighted by atomic mass is 10.1. The van der Waals surface area contributed by atoms with Gasteiger partial charge < -0.3 is 14.8 Å². The highest BCUT2D eigenvalue weighted by molar-refractivity contribution is 6.14. The number of nitro benzene ring substituents is 1. The summed E-state index contributed by atoms with van der Waals surface area (Å²) in [5.74, 6) is -0.132. The second-order valence-electron chi connectivity index (χ2n) is 7.96. The van der Waals surface area contributed by atoms with Crippen LogP contribution in [0.5, 0.6) is 11.5 Å². The number of urea groups is 1. The Morgan fingerprint density at radius 3 is 2.37 bits per heavy atom. The van der Waals surface area contributed by atoms with Crippen LogP contribution in [0.25, 0.3) is 6.08 Å². The van der Waals surface area contributed by atoms with Crippen LogP contribution >= 0.6 is 0 Å². The fraction of sp³-hybridized carbons (Fsp3) is 0.154. The molecular formula is C26H23N3O6. The summed E-state index contributed by atoms with van der Waals surface area (Å²) in [4.78, 5) is 37.6. The maximum atomic E-state index is 12.9. The van der Waals surface area contributed by atoms with Crippen LogP contribution in [0.4, 0.5) is 10.5 Å². The summed E-state index contributed by atoms with van der Waals surface area (Å²) in [5.41, 5.74) is 2.47. The number of benzene rings is 3. The van der Waals surface area contributed by atoms with Crippen molar-refractivity contribution in [2.45, 2.75) is 20.1 Å². The number of hydrogen-bond donors (Lipinski definition) is 1. The maximum Gasteiger partial charge on any atom is 0.329 e. The van der Waals surface area contributed by atoms with Crippen molar-refractivity contribution < 1.29 is 24.0 Å². The topological polar surface area (TPSA) is 111 Å². The number of aryl methyl sites for hydroxylation is 1. The molecule has 3 aromatic rings. The van der Waals surface area contributed by atoms with E-state index in [-0.39, 0.29) is 41.6 Å². The first-order chi connectivity index (χ1) is 16.9. The van der Waals surface area contributed by atoms with Crippen molar-refractivity contribution in [1.29, 1.82) is 0 Å². The number of imide groups is 1. The van der Waals surface area contributed by atoms with Gasteiger partial charge in [0.15, 0.2) is 11.5 Å². The van der Waals surface area contributed by atoms with Crippen LogP contribution in [0.2, 0.25) is 0 Å². The Kier molecular flexibility index (Phi) is 6.77. The van der Waals surface area contributed by atoms with E-state index in [1.807, 2.05) is 61.5 Å². The molecule has 35 heavy (non-hydrogen) atoms. The van der Waals surface area contributed by atoms with Gasteiger partial charge in [-0.05, 0) is 30.2 Å². The molecule has 1 fully saturated rings. The lowest BCUT2D eigenvalue weighted by molar-refractivity contribution is -0.385. The molecule has 3 amide bonds. The predicted molar refractivity (Wildman–Crippen MR) is 129 cm³/mol. The Bertz CT molecular complexity index is 1300. The van der Waals surface area contributed by atoms with Gasteiger partial charge in [-0.2, -0.15) is 0 Å². The number of nitrogens with zero attached hydrogens (tertiary/aromatic N) is 2. The number of carbonyl (C=O) groups is 2. The highest BCUT2D eigenvalue weighted by Crippen LogP contribution is 2.36. The number of hydrogen-bond acceptors (Lipinski definition) is 6. The minimum atomic E-state index is -0.598. The molecule has 1 saturated heterocycles. The summed E-state index contributed by atoms with van der Waals surface area (Å²) in [6.07, 6.45) is 1.27. The summed E-state index contributed by atoms with van der Waals surface area (Å²) in [6, 6.07) is 18.9. The molecule has 0 aromatic heterocycles. The third-order valence-corrected chi connectivity index (χ3v) is 5.47. The lowest BCUT2D eigenvalue weighted by Gasteiger charge is -2.12. The number of amides is 3. The van der Waals surface area contributed by atoms with Crippen molar-refractivity contribution in [2.24, 2.45) is 0 Å². The van der Waals surface area contributed by atoms with Crippen molar-refractivity contribution in [3.05, 3.63) is 105 Å². The van der Waals surface area contributed by atoms with Crippen LogP contribution < -0.4 is 14.8 Å². The van der Waals surface area contributed by atoms with E-state index in [1.54, 1.807) is 0 Å². The number of carbonyl (C=O) groups excluding carboxylic acids is 2. The van der Waals surface area contributed by atoms with Gasteiger partial charge in [0, 0.05) is 0 Å². The summed E-state index contributed by atoms with van der Waals surface area (Å²) >= 11 is 0. The standard InChI is InChI=1S/C26H23N3O6/c1-17-8-10-18(11-9-17)15-28-25(30)21(27-26(28)31)12-20-13-23(34-2)24(14-22(20)29(32)33)35-16-19-6-4-3-5-7-19/h3-14H,15-16H2,1-2H3,(H,27,31)/b21-12+. The van der Waals surface area contributed by atoms with Crippen LogP contribution in [0.15, 0.2) is 72.4 Å². The number of rotatable bonds is 8. The molecule has 9 heteroatoms. The van der Waals surface area contributed by atoms with E-state index in [0.29, 0.717) is 0 Å². The largest absolute Gasteiger partial charge is 0.493 e. The Morgan fingerprint density at radius 1 is 1.00 bits per heavy atom. The van der Waals surface area contributed by atoms with Gasteiger partial charge in [0.1, 0.15) is 12.3 Å². The molecule has 0 atom stereocenters. The second kappa shape index (κ2) is 10.1. The molecule has 1 aliphatic rings. The highest BCUT2D eigenvalue weighted by atomic mass is 16.6. The lowest BCUT2D eigenvalue weighted by Crippen LogP contribution is -2.30. The normalized spacial score (nSPS) is 14.2. The van der Waals surface area contributed by atoms with Gasteiger partial charge in [0.2, 0.25) is 0 Å². The molecule has 3 aromatic carbocycles. The van der Waals surface area contributed by atoms with E-state index in [0.717, 1.165) is 21.6 Å². The molecule has 4 rings (SSSR count). The van der Waals surface area contributed by atoms with Gasteiger partial charge in [0.25, 0.3) is 11.6 Å². The summed E-state index contributed by atoms with van der Waals surface area (Å²) in [5, 5.41) is 14.3. The van der Waals surface area contributed by atoms with Crippen LogP contribution in [0.3, 0.4) is 0 Å². The van der Waals surface area contributed by atoms with Gasteiger partial charge in [-0.3, -0.25) is 19.8 Å². The van der Waals surface area contributed by atoms with Gasteiger partial charge in [0.05, 0.1) is 30.2 Å². The average Bonchev–Trinajstić information content (AvgIpc) is 3.11. The summed E-state index contributed by atoms with van der Waals surface area (Å²) < 4.78 is 11.1. The van der Waals surface area contributed by atoms with Gasteiger partial charge in [-0.25, -0.2) is 4.79 Å². The van der Waals surface area contributed by atoms with Crippen molar-refractivity contribution in [3.8, 4) is 11.5 Å². The first-order valence-corrected chi connectivity index (χ1v) is 10.8. The van der Waals surface area contributed by atoms with Crippen LogP contribution in [0, 0.1) is 17.0 Å². The molecule has 0 aliphatic carbocycles. The molecule has 0 saturated carbocycles. The first-order valence-electron chi connectivity index (χ1n) is 10.8. The molecule has 0 bridgehead atoms. The number of ether oxygens (including phenoxy) is 2. The second-order valence-corrected chi connectivity index (χ2v) is 7.96. The zero-order chi connectivity index (χ0) is 24.9. The fourth-order valence-electron chi connectivity index (χ4n) is 3.59. The van der Waals surface area contributed by atoms with Crippen LogP contribution in [-0.4, -0.2) is 28.9 Å². The van der Waals surface area contributed by atoms with E-state index in [4.69, 9.17) is 9.47 Å². The zero-order valence-corrected chi connectivity index (χ0v) is 19.2. The van der Waals surface area contributed by atoms with E-state index >= 15 is 0 Å². The Morgan fingerprint density at radius 2 is 1.71 bits per heavy atom. The molecular weight excluding hydrogens is 450 g/mol. The van der Waals surface area contributed by atoms with Crippen molar-refractivity contribution in [1.82, 2.24) is 10.2 Å². The number of nitrogens with one attached hydrogen (secondary N) is 1. The zero-order valence-electron chi connectivity index (χ0n) is 19.2. The van der Waals surface area contributed by atoms with Crippen molar-refractivity contribution in [3.63, 3.8) is 0 Å². The van der Waals surface area contributed by atoms with E-state index in [2.05, 4.69) is 5.32 Å². The first kappa shape index (κ1) is 23.5. The summed E-state index contributed by atoms with van der Waals surface area (Å²) in [6.45, 7) is 2.22. The molecule has 178 valence electrons. The van der Waals surface area contributed by atoms with Gasteiger partial charge in [-0.15, -0.1) is 0 Å². The fourth-order valence-corrected chi connectivity index (χ4v) is 3.59. The monoisotopic (exact) mass is 473 g/mol. The maximum absolute atomic E-state index is 12.9. The molecule has 1 heterocycles. The predicted octanol–water partition coefficient (Wildman–Crippen LogP) is 4.58. The Hall–Kier alpha value is -4.66. The third kappa shape index (κ3) is 5.30. The average molecular weight is 473 g/mol. The highest BCUT2D eigenvalue weighted by Gasteiger charge is 2.34. The summed E-state index contributed by atoms with van der Waals surface area (Å²) in [7, 11) is 1.42. The Balaban J connectivity index is 1.61. The van der Waals surface area contributed by atoms with Gasteiger partial charge >= 0.3 is 6.03 Å². The van der Waals surface area contributed by atoms with E-state index in [9.17, 15) is 19.7 Å². The smallest absolute Gasteiger partial charge is 0.329 e. The SMILES string of the molecule is COc1cc(/C=C2/NC(=O)N(Cc3ccc(C)cc3)C2=O)c([N+](=O)[O-])cc1OCc1ccccc1. The van der Waals surface area contributed by atoms with Crippen LogP contribution in [0.1, 0.15) is 22.3 Å². The van der Waals surface area contributed by atoms with E-state index < -0.39 is 16.9 Å². The number of nitro groups is 1. The molecule has 0 spiro atoms. The molecule has 0 unspecified atom stereocenters. The quantitative estimate of drug-likeness (QED) is 0.222. The molecule has 1 aliphatic heterocycles. The van der Waals surface area contributed by atoms with Crippen molar-refractivity contribution >= 4 is 23.7 Å². The number of methoxy groups -OCH3 is 1.